The average molecular weight is 637 g/mol. The van der Waals surface area contributed by atoms with Crippen LogP contribution in [0.15, 0.2) is 0 Å². The number of hydrogen-bond donors (Lipinski definition) is 2. The van der Waals surface area contributed by atoms with Crippen LogP contribution in [0.3, 0.4) is 0 Å². The van der Waals surface area contributed by atoms with E-state index in [9.17, 15) is 9.59 Å². The SMILES string of the molecule is CCCCCCCCCCCCC(CCCCCCCCCC)COC(=O)NC1CC(C)(C)CC(C)(CNC(=O)OCCC)C1. The Kier molecular flexibility index (Phi) is 23.7. The molecule has 45 heavy (non-hydrogen) atoms. The van der Waals surface area contributed by atoms with Crippen LogP contribution in [0.4, 0.5) is 9.59 Å². The number of nitrogens with one attached hydrogen (secondary N) is 2. The van der Waals surface area contributed by atoms with Crippen LogP contribution < -0.4 is 10.6 Å². The highest BCUT2D eigenvalue weighted by atomic mass is 16.6. The van der Waals surface area contributed by atoms with Gasteiger partial charge in [-0.2, -0.15) is 0 Å². The zero-order valence-electron chi connectivity index (χ0n) is 30.9. The molecular weight excluding hydrogens is 560 g/mol. The summed E-state index contributed by atoms with van der Waals surface area (Å²) in [4.78, 5) is 25.1. The fourth-order valence-corrected chi connectivity index (χ4v) is 7.60. The van der Waals surface area contributed by atoms with E-state index in [4.69, 9.17) is 9.47 Å². The number of ether oxygens (including phenoxy) is 2. The summed E-state index contributed by atoms with van der Waals surface area (Å²) in [6.45, 7) is 14.8. The zero-order valence-corrected chi connectivity index (χ0v) is 30.9. The third-order valence-electron chi connectivity index (χ3n) is 9.74. The van der Waals surface area contributed by atoms with Crippen LogP contribution >= 0.6 is 0 Å². The van der Waals surface area contributed by atoms with E-state index < -0.39 is 0 Å². The number of rotatable bonds is 27. The van der Waals surface area contributed by atoms with Crippen molar-refractivity contribution in [3.8, 4) is 0 Å². The summed E-state index contributed by atoms with van der Waals surface area (Å²) in [5.41, 5.74) is -0.0476. The van der Waals surface area contributed by atoms with Gasteiger partial charge in [-0.1, -0.05) is 157 Å². The van der Waals surface area contributed by atoms with E-state index in [0.717, 1.165) is 38.5 Å². The zero-order chi connectivity index (χ0) is 33.2. The third-order valence-corrected chi connectivity index (χ3v) is 9.74. The summed E-state index contributed by atoms with van der Waals surface area (Å²) >= 11 is 0. The standard InChI is InChI=1S/C39H76N2O4/c1-7-10-12-14-16-18-19-21-23-25-27-34(26-24-22-20-17-15-13-11-8-2)31-45-37(43)41-35-29-38(4,5)32-39(6,30-35)33-40-36(42)44-28-9-3/h34-35H,7-33H2,1-6H3,(H,40,42)(H,41,43). The molecule has 0 aromatic carbocycles. The lowest BCUT2D eigenvalue weighted by Gasteiger charge is -2.46. The molecule has 0 aromatic rings. The van der Waals surface area contributed by atoms with Gasteiger partial charge in [-0.3, -0.25) is 0 Å². The quantitative estimate of drug-likeness (QED) is 0.0879. The molecule has 0 saturated heterocycles. The van der Waals surface area contributed by atoms with Gasteiger partial charge in [-0.25, -0.2) is 9.59 Å². The Balaban J connectivity index is 2.51. The van der Waals surface area contributed by atoms with Crippen LogP contribution in [0.2, 0.25) is 0 Å². The van der Waals surface area contributed by atoms with Gasteiger partial charge in [0.15, 0.2) is 0 Å². The monoisotopic (exact) mass is 637 g/mol. The fourth-order valence-electron chi connectivity index (χ4n) is 7.60. The van der Waals surface area contributed by atoms with Crippen molar-refractivity contribution >= 4 is 12.2 Å². The maximum absolute atomic E-state index is 13.0. The van der Waals surface area contributed by atoms with Gasteiger partial charge in [0.2, 0.25) is 0 Å². The van der Waals surface area contributed by atoms with E-state index in [2.05, 4.69) is 45.3 Å². The largest absolute Gasteiger partial charge is 0.450 e. The van der Waals surface area contributed by atoms with Crippen molar-refractivity contribution < 1.29 is 19.1 Å². The number of amides is 2. The van der Waals surface area contributed by atoms with Crippen LogP contribution in [0, 0.1) is 16.7 Å². The highest BCUT2D eigenvalue weighted by molar-refractivity contribution is 5.68. The second-order valence-corrected chi connectivity index (χ2v) is 15.6. The van der Waals surface area contributed by atoms with E-state index in [-0.39, 0.29) is 29.1 Å². The highest BCUT2D eigenvalue weighted by Crippen LogP contribution is 2.45. The third kappa shape index (κ3) is 22.7. The fraction of sp³-hybridized carbons (Fsp3) is 0.949. The Morgan fingerprint density at radius 2 is 1.13 bits per heavy atom. The van der Waals surface area contributed by atoms with Gasteiger partial charge >= 0.3 is 12.2 Å². The van der Waals surface area contributed by atoms with E-state index >= 15 is 0 Å². The first-order valence-corrected chi connectivity index (χ1v) is 19.5. The average Bonchev–Trinajstić information content (AvgIpc) is 2.98. The van der Waals surface area contributed by atoms with Gasteiger partial charge in [-0.15, -0.1) is 0 Å². The molecule has 266 valence electrons. The van der Waals surface area contributed by atoms with Gasteiger partial charge in [0, 0.05) is 12.6 Å². The molecule has 6 nitrogen and oxygen atoms in total. The summed E-state index contributed by atoms with van der Waals surface area (Å²) in [7, 11) is 0. The Bertz CT molecular complexity index is 743. The van der Waals surface area contributed by atoms with Crippen molar-refractivity contribution in [3.63, 3.8) is 0 Å². The molecule has 1 rings (SSSR count). The van der Waals surface area contributed by atoms with E-state index in [1.165, 1.54) is 116 Å². The molecule has 0 aliphatic heterocycles. The van der Waals surface area contributed by atoms with E-state index in [1.807, 2.05) is 6.92 Å². The van der Waals surface area contributed by atoms with Crippen LogP contribution in [0.25, 0.3) is 0 Å². The smallest absolute Gasteiger partial charge is 0.407 e. The number of carbonyl (C=O) groups is 2. The van der Waals surface area contributed by atoms with Gasteiger partial charge in [0.05, 0.1) is 13.2 Å². The minimum absolute atomic E-state index is 0.0350. The summed E-state index contributed by atoms with van der Waals surface area (Å²) in [5.74, 6) is 0.455. The van der Waals surface area contributed by atoms with Gasteiger partial charge in [-0.05, 0) is 55.3 Å². The lowest BCUT2D eigenvalue weighted by atomic mass is 9.62. The first-order chi connectivity index (χ1) is 21.6. The molecule has 1 aliphatic carbocycles. The normalized spacial score (nSPS) is 20.0. The second kappa shape index (κ2) is 25.6. The molecule has 1 aliphatic rings. The van der Waals surface area contributed by atoms with Crippen molar-refractivity contribution in [2.24, 2.45) is 16.7 Å². The highest BCUT2D eigenvalue weighted by Gasteiger charge is 2.42. The number of hydrogen-bond acceptors (Lipinski definition) is 4. The van der Waals surface area contributed by atoms with Crippen molar-refractivity contribution in [1.82, 2.24) is 10.6 Å². The maximum Gasteiger partial charge on any atom is 0.407 e. The van der Waals surface area contributed by atoms with E-state index in [0.29, 0.717) is 25.7 Å². The number of alkyl carbamates (subject to hydrolysis) is 2. The molecule has 2 amide bonds. The Labute approximate surface area is 279 Å². The Morgan fingerprint density at radius 1 is 0.644 bits per heavy atom. The predicted molar refractivity (Wildman–Crippen MR) is 191 cm³/mol. The molecular formula is C39H76N2O4. The lowest BCUT2D eigenvalue weighted by molar-refractivity contribution is 0.0596. The minimum Gasteiger partial charge on any atom is -0.450 e. The van der Waals surface area contributed by atoms with Gasteiger partial charge in [0.25, 0.3) is 0 Å². The van der Waals surface area contributed by atoms with Crippen molar-refractivity contribution in [1.29, 1.82) is 0 Å². The van der Waals surface area contributed by atoms with Crippen molar-refractivity contribution in [3.05, 3.63) is 0 Å². The predicted octanol–water partition coefficient (Wildman–Crippen LogP) is 11.9. The van der Waals surface area contributed by atoms with Crippen LogP contribution in [0.1, 0.15) is 196 Å². The first kappa shape index (κ1) is 41.6. The van der Waals surface area contributed by atoms with Crippen molar-refractivity contribution in [2.45, 2.75) is 202 Å². The Morgan fingerprint density at radius 3 is 1.62 bits per heavy atom. The molecule has 0 heterocycles. The molecule has 0 aromatic heterocycles. The van der Waals surface area contributed by atoms with E-state index in [1.54, 1.807) is 0 Å². The molecule has 3 atom stereocenters. The molecule has 2 N–H and O–H groups in total. The lowest BCUT2D eigenvalue weighted by Crippen LogP contribution is -2.50. The molecule has 1 fully saturated rings. The molecule has 6 heteroatoms. The second-order valence-electron chi connectivity index (χ2n) is 15.6. The topological polar surface area (TPSA) is 76.7 Å². The van der Waals surface area contributed by atoms with Crippen LogP contribution in [-0.4, -0.2) is 38.0 Å². The summed E-state index contributed by atoms with van der Waals surface area (Å²) in [6.07, 6.45) is 29.4. The summed E-state index contributed by atoms with van der Waals surface area (Å²) in [6, 6.07) is 0.0350. The molecule has 0 radical (unpaired) electrons. The van der Waals surface area contributed by atoms with Crippen LogP contribution in [-0.2, 0) is 9.47 Å². The van der Waals surface area contributed by atoms with Gasteiger partial charge in [0.1, 0.15) is 0 Å². The summed E-state index contributed by atoms with van der Waals surface area (Å²) < 4.78 is 11.1. The number of unbranched alkanes of at least 4 members (excludes halogenated alkanes) is 16. The first-order valence-electron chi connectivity index (χ1n) is 19.5. The van der Waals surface area contributed by atoms with Gasteiger partial charge < -0.3 is 20.1 Å². The maximum atomic E-state index is 13.0. The summed E-state index contributed by atoms with van der Waals surface area (Å²) in [5, 5.41) is 6.17. The minimum atomic E-state index is -0.352. The molecule has 0 spiro atoms. The molecule has 3 unspecified atom stereocenters. The molecule has 0 bridgehead atoms. The van der Waals surface area contributed by atoms with Crippen LogP contribution in [0.5, 0.6) is 0 Å². The molecule has 1 saturated carbocycles. The Hall–Kier alpha value is -1.46. The number of carbonyl (C=O) groups excluding carboxylic acids is 2. The van der Waals surface area contributed by atoms with Crippen molar-refractivity contribution in [2.75, 3.05) is 19.8 Å².